The van der Waals surface area contributed by atoms with Crippen LogP contribution >= 0.6 is 15.9 Å². The van der Waals surface area contributed by atoms with E-state index in [-0.39, 0.29) is 5.41 Å². The smallest absolute Gasteiger partial charge is 0.233 e. The third kappa shape index (κ3) is 2.47. The first-order valence-electron chi connectivity index (χ1n) is 5.75. The molecular formula is C13H16BrN3O. The van der Waals surface area contributed by atoms with Gasteiger partial charge in [0, 0.05) is 16.6 Å². The van der Waals surface area contributed by atoms with E-state index in [4.69, 9.17) is 10.3 Å². The Hall–Kier alpha value is -1.20. The van der Waals surface area contributed by atoms with Crippen molar-refractivity contribution in [1.82, 2.24) is 10.1 Å². The van der Waals surface area contributed by atoms with Crippen LogP contribution in [0.1, 0.15) is 25.3 Å². The Bertz CT molecular complexity index is 563. The van der Waals surface area contributed by atoms with E-state index in [1.165, 1.54) is 5.56 Å². The van der Waals surface area contributed by atoms with E-state index in [0.717, 1.165) is 10.0 Å². The lowest BCUT2D eigenvalue weighted by Gasteiger charge is -2.15. The van der Waals surface area contributed by atoms with Crippen LogP contribution in [0.2, 0.25) is 0 Å². The highest BCUT2D eigenvalue weighted by Gasteiger charge is 2.26. The molecule has 0 aliphatic carbocycles. The lowest BCUT2D eigenvalue weighted by atomic mass is 9.94. The minimum Gasteiger partial charge on any atom is -0.338 e. The van der Waals surface area contributed by atoms with E-state index >= 15 is 0 Å². The molecule has 4 nitrogen and oxygen atoms in total. The van der Waals surface area contributed by atoms with Crippen molar-refractivity contribution in [2.45, 2.75) is 26.2 Å². The molecule has 0 saturated carbocycles. The van der Waals surface area contributed by atoms with E-state index in [9.17, 15) is 0 Å². The molecule has 1 aromatic carbocycles. The molecule has 96 valence electrons. The summed E-state index contributed by atoms with van der Waals surface area (Å²) in [6, 6.07) is 6.02. The summed E-state index contributed by atoms with van der Waals surface area (Å²) in [7, 11) is 0. The Morgan fingerprint density at radius 2 is 2.11 bits per heavy atom. The molecule has 2 N–H and O–H groups in total. The highest BCUT2D eigenvalue weighted by Crippen LogP contribution is 2.29. The highest BCUT2D eigenvalue weighted by atomic mass is 79.9. The zero-order chi connectivity index (χ0) is 13.3. The van der Waals surface area contributed by atoms with Gasteiger partial charge < -0.3 is 10.3 Å². The second kappa shape index (κ2) is 4.82. The summed E-state index contributed by atoms with van der Waals surface area (Å²) in [5.41, 5.74) is 7.49. The van der Waals surface area contributed by atoms with Gasteiger partial charge in [-0.25, -0.2) is 0 Å². The molecule has 0 spiro atoms. The molecule has 1 heterocycles. The van der Waals surface area contributed by atoms with Crippen LogP contribution in [0.4, 0.5) is 0 Å². The summed E-state index contributed by atoms with van der Waals surface area (Å²) in [6.07, 6.45) is 0. The first kappa shape index (κ1) is 13.2. The molecule has 2 aromatic rings. The Balaban J connectivity index is 2.41. The highest BCUT2D eigenvalue weighted by molar-refractivity contribution is 9.10. The molecule has 0 atom stereocenters. The summed E-state index contributed by atoms with van der Waals surface area (Å²) < 4.78 is 6.26. The summed E-state index contributed by atoms with van der Waals surface area (Å²) in [4.78, 5) is 4.43. The molecule has 0 amide bonds. The van der Waals surface area contributed by atoms with Gasteiger partial charge in [-0.3, -0.25) is 0 Å². The van der Waals surface area contributed by atoms with Gasteiger partial charge in [0.1, 0.15) is 0 Å². The van der Waals surface area contributed by atoms with Crippen molar-refractivity contribution < 1.29 is 4.52 Å². The fourth-order valence-corrected chi connectivity index (χ4v) is 2.17. The maximum absolute atomic E-state index is 5.70. The molecule has 0 fully saturated rings. The second-order valence-corrected chi connectivity index (χ2v) is 5.85. The van der Waals surface area contributed by atoms with E-state index in [1.54, 1.807) is 0 Å². The van der Waals surface area contributed by atoms with E-state index in [1.807, 2.05) is 39.0 Å². The van der Waals surface area contributed by atoms with Crippen LogP contribution < -0.4 is 5.73 Å². The third-order valence-corrected chi connectivity index (χ3v) is 3.54. The molecule has 18 heavy (non-hydrogen) atoms. The van der Waals surface area contributed by atoms with Crippen LogP contribution in [0.15, 0.2) is 27.2 Å². The second-order valence-electron chi connectivity index (χ2n) is 4.99. The van der Waals surface area contributed by atoms with Gasteiger partial charge in [-0.05, 0) is 38.5 Å². The molecule has 0 saturated heterocycles. The van der Waals surface area contributed by atoms with Crippen LogP contribution in [-0.4, -0.2) is 16.7 Å². The molecule has 2 rings (SSSR count). The average Bonchev–Trinajstić information content (AvgIpc) is 2.79. The van der Waals surface area contributed by atoms with Crippen molar-refractivity contribution in [2.75, 3.05) is 6.54 Å². The van der Waals surface area contributed by atoms with Crippen molar-refractivity contribution in [3.8, 4) is 11.4 Å². The first-order valence-corrected chi connectivity index (χ1v) is 6.54. The van der Waals surface area contributed by atoms with Crippen molar-refractivity contribution in [3.63, 3.8) is 0 Å². The third-order valence-electron chi connectivity index (χ3n) is 2.88. The van der Waals surface area contributed by atoms with Gasteiger partial charge in [-0.15, -0.1) is 0 Å². The van der Waals surface area contributed by atoms with Gasteiger partial charge in [-0.2, -0.15) is 4.98 Å². The fraction of sp³-hybridized carbons (Fsp3) is 0.385. The first-order chi connectivity index (χ1) is 8.44. The predicted molar refractivity (Wildman–Crippen MR) is 74.3 cm³/mol. The average molecular weight is 310 g/mol. The van der Waals surface area contributed by atoms with Crippen LogP contribution in [-0.2, 0) is 5.41 Å². The topological polar surface area (TPSA) is 64.9 Å². The maximum Gasteiger partial charge on any atom is 0.233 e. The van der Waals surface area contributed by atoms with E-state index < -0.39 is 0 Å². The van der Waals surface area contributed by atoms with Crippen LogP contribution in [0, 0.1) is 6.92 Å². The van der Waals surface area contributed by atoms with Crippen LogP contribution in [0.5, 0.6) is 0 Å². The summed E-state index contributed by atoms with van der Waals surface area (Å²) in [6.45, 7) is 6.46. The van der Waals surface area contributed by atoms with E-state index in [0.29, 0.717) is 18.3 Å². The van der Waals surface area contributed by atoms with Gasteiger partial charge in [0.2, 0.25) is 11.7 Å². The summed E-state index contributed by atoms with van der Waals surface area (Å²) in [5, 5.41) is 4.02. The fourth-order valence-electron chi connectivity index (χ4n) is 1.50. The number of rotatable bonds is 3. The number of halogens is 1. The zero-order valence-electron chi connectivity index (χ0n) is 10.7. The molecule has 0 aliphatic rings. The van der Waals surface area contributed by atoms with Crippen molar-refractivity contribution in [1.29, 1.82) is 0 Å². The quantitative estimate of drug-likeness (QED) is 0.946. The molecular weight excluding hydrogens is 294 g/mol. The van der Waals surface area contributed by atoms with Crippen molar-refractivity contribution >= 4 is 15.9 Å². The predicted octanol–water partition coefficient (Wildman–Crippen LogP) is 3.04. The zero-order valence-corrected chi connectivity index (χ0v) is 12.3. The lowest BCUT2D eigenvalue weighted by Crippen LogP contribution is -2.28. The van der Waals surface area contributed by atoms with Crippen molar-refractivity contribution in [3.05, 3.63) is 34.1 Å². The standard InChI is InChI=1S/C13H16BrN3O/c1-8-4-5-9(10(14)6-8)11-16-12(18-17-11)13(2,3)7-15/h4-6H,7,15H2,1-3H3. The molecule has 1 aromatic heterocycles. The normalized spacial score (nSPS) is 11.8. The van der Waals surface area contributed by atoms with Gasteiger partial charge in [-0.1, -0.05) is 27.2 Å². The molecule has 0 bridgehead atoms. The van der Waals surface area contributed by atoms with Gasteiger partial charge >= 0.3 is 0 Å². The Morgan fingerprint density at radius 3 is 2.72 bits per heavy atom. The number of benzene rings is 1. The minimum absolute atomic E-state index is 0.303. The maximum atomic E-state index is 5.70. The summed E-state index contributed by atoms with van der Waals surface area (Å²) >= 11 is 3.51. The largest absolute Gasteiger partial charge is 0.338 e. The van der Waals surface area contributed by atoms with Crippen LogP contribution in [0.3, 0.4) is 0 Å². The van der Waals surface area contributed by atoms with Crippen molar-refractivity contribution in [2.24, 2.45) is 5.73 Å². The van der Waals surface area contributed by atoms with Gasteiger partial charge in [0.05, 0.1) is 5.41 Å². The number of hydrogen-bond donors (Lipinski definition) is 1. The SMILES string of the molecule is Cc1ccc(-c2noc(C(C)(C)CN)n2)c(Br)c1. The number of aromatic nitrogens is 2. The monoisotopic (exact) mass is 309 g/mol. The Morgan fingerprint density at radius 1 is 1.39 bits per heavy atom. The molecule has 0 unspecified atom stereocenters. The molecule has 5 heteroatoms. The van der Waals surface area contributed by atoms with Crippen LogP contribution in [0.25, 0.3) is 11.4 Å². The number of aryl methyl sites for hydroxylation is 1. The lowest BCUT2D eigenvalue weighted by molar-refractivity contribution is 0.311. The number of hydrogen-bond acceptors (Lipinski definition) is 4. The number of nitrogens with zero attached hydrogens (tertiary/aromatic N) is 2. The Labute approximate surface area is 115 Å². The van der Waals surface area contributed by atoms with Gasteiger partial charge in [0.25, 0.3) is 0 Å². The minimum atomic E-state index is -0.303. The van der Waals surface area contributed by atoms with Gasteiger partial charge in [0.15, 0.2) is 0 Å². The Kier molecular flexibility index (Phi) is 3.54. The van der Waals surface area contributed by atoms with E-state index in [2.05, 4.69) is 26.1 Å². The summed E-state index contributed by atoms with van der Waals surface area (Å²) in [5.74, 6) is 1.14. The molecule has 0 aliphatic heterocycles. The number of nitrogens with two attached hydrogens (primary N) is 1. The molecule has 0 radical (unpaired) electrons.